The number of carbonyl (C=O) groups excluding carboxylic acids is 1. The minimum atomic E-state index is 0.0463. The quantitative estimate of drug-likeness (QED) is 0.830. The molecule has 4 rings (SSSR count). The number of hydrogen-bond acceptors (Lipinski definition) is 2. The molecule has 1 aromatic rings. The molecule has 5 unspecified atom stereocenters. The zero-order chi connectivity index (χ0) is 13.9. The SMILES string of the molecule is CC(NC(=O)C1C2C3CCC(C3)C12)c1cccc(N)c1. The second-order valence-electron chi connectivity index (χ2n) is 6.91. The number of carbonyl (C=O) groups is 1. The molecule has 0 aliphatic heterocycles. The lowest BCUT2D eigenvalue weighted by Crippen LogP contribution is -2.30. The van der Waals surface area contributed by atoms with E-state index in [1.807, 2.05) is 31.2 Å². The first kappa shape index (κ1) is 12.2. The van der Waals surface area contributed by atoms with Gasteiger partial charge >= 0.3 is 0 Å². The van der Waals surface area contributed by atoms with E-state index in [4.69, 9.17) is 5.73 Å². The van der Waals surface area contributed by atoms with Crippen LogP contribution in [0.15, 0.2) is 24.3 Å². The Morgan fingerprint density at radius 3 is 2.65 bits per heavy atom. The van der Waals surface area contributed by atoms with Gasteiger partial charge < -0.3 is 11.1 Å². The normalized spacial score (nSPS) is 38.4. The average molecular weight is 270 g/mol. The van der Waals surface area contributed by atoms with Gasteiger partial charge in [-0.3, -0.25) is 4.79 Å². The number of fused-ring (bicyclic) bond motifs is 5. The summed E-state index contributed by atoms with van der Waals surface area (Å²) in [5.41, 5.74) is 7.65. The van der Waals surface area contributed by atoms with Gasteiger partial charge in [0.1, 0.15) is 0 Å². The van der Waals surface area contributed by atoms with Crippen LogP contribution in [0.5, 0.6) is 0 Å². The highest BCUT2D eigenvalue weighted by Crippen LogP contribution is 2.69. The van der Waals surface area contributed by atoms with Crippen LogP contribution >= 0.6 is 0 Å². The Morgan fingerprint density at radius 1 is 1.30 bits per heavy atom. The van der Waals surface area contributed by atoms with Crippen LogP contribution in [-0.4, -0.2) is 5.91 Å². The van der Waals surface area contributed by atoms with E-state index in [0.29, 0.717) is 17.8 Å². The molecular formula is C17H22N2O. The molecule has 3 N–H and O–H groups in total. The number of nitrogens with two attached hydrogens (primary N) is 1. The summed E-state index contributed by atoms with van der Waals surface area (Å²) >= 11 is 0. The molecule has 3 heteroatoms. The molecule has 1 amide bonds. The van der Waals surface area contributed by atoms with Gasteiger partial charge in [0, 0.05) is 11.6 Å². The fourth-order valence-electron chi connectivity index (χ4n) is 4.90. The molecule has 3 fully saturated rings. The van der Waals surface area contributed by atoms with E-state index in [0.717, 1.165) is 23.1 Å². The predicted molar refractivity (Wildman–Crippen MR) is 78.7 cm³/mol. The van der Waals surface area contributed by atoms with Crippen LogP contribution in [-0.2, 0) is 4.79 Å². The minimum Gasteiger partial charge on any atom is -0.399 e. The lowest BCUT2D eigenvalue weighted by Gasteiger charge is -2.16. The number of amides is 1. The van der Waals surface area contributed by atoms with E-state index in [2.05, 4.69) is 5.32 Å². The first-order chi connectivity index (χ1) is 9.65. The lowest BCUT2D eigenvalue weighted by atomic mass is 10.0. The molecule has 3 aliphatic carbocycles. The number of rotatable bonds is 3. The summed E-state index contributed by atoms with van der Waals surface area (Å²) in [5.74, 6) is 3.70. The van der Waals surface area contributed by atoms with Gasteiger partial charge in [-0.25, -0.2) is 0 Å². The van der Waals surface area contributed by atoms with Crippen LogP contribution in [0, 0.1) is 29.6 Å². The number of nitrogens with one attached hydrogen (secondary N) is 1. The third kappa shape index (κ3) is 1.75. The molecule has 1 aromatic carbocycles. The molecule has 0 radical (unpaired) electrons. The molecule has 0 aromatic heterocycles. The van der Waals surface area contributed by atoms with Crippen molar-refractivity contribution in [3.05, 3.63) is 29.8 Å². The summed E-state index contributed by atoms with van der Waals surface area (Å²) < 4.78 is 0. The molecule has 3 nitrogen and oxygen atoms in total. The van der Waals surface area contributed by atoms with E-state index in [1.54, 1.807) is 0 Å². The van der Waals surface area contributed by atoms with Crippen molar-refractivity contribution < 1.29 is 4.79 Å². The Bertz CT molecular complexity index is 540. The first-order valence-electron chi connectivity index (χ1n) is 7.81. The predicted octanol–water partition coefficient (Wildman–Crippen LogP) is 2.74. The Labute approximate surface area is 119 Å². The summed E-state index contributed by atoms with van der Waals surface area (Å²) in [6.45, 7) is 2.04. The zero-order valence-electron chi connectivity index (χ0n) is 11.9. The van der Waals surface area contributed by atoms with E-state index in [-0.39, 0.29) is 11.9 Å². The van der Waals surface area contributed by atoms with E-state index < -0.39 is 0 Å². The molecule has 0 heterocycles. The summed E-state index contributed by atoms with van der Waals surface area (Å²) in [4.78, 5) is 12.5. The highest BCUT2D eigenvalue weighted by Gasteiger charge is 2.67. The fraction of sp³-hybridized carbons (Fsp3) is 0.588. The van der Waals surface area contributed by atoms with Crippen LogP contribution in [0.25, 0.3) is 0 Å². The molecule has 2 bridgehead atoms. The van der Waals surface area contributed by atoms with Gasteiger partial charge in [0.15, 0.2) is 0 Å². The third-order valence-corrected chi connectivity index (χ3v) is 5.81. The molecule has 3 aliphatic rings. The molecule has 0 spiro atoms. The molecule has 3 saturated carbocycles. The zero-order valence-corrected chi connectivity index (χ0v) is 11.9. The number of nitrogen functional groups attached to an aromatic ring is 1. The smallest absolute Gasteiger partial charge is 0.224 e. The van der Waals surface area contributed by atoms with E-state index >= 15 is 0 Å². The van der Waals surface area contributed by atoms with Crippen LogP contribution < -0.4 is 11.1 Å². The number of hydrogen-bond donors (Lipinski definition) is 2. The summed E-state index contributed by atoms with van der Waals surface area (Å²) in [6.07, 6.45) is 4.12. The summed E-state index contributed by atoms with van der Waals surface area (Å²) in [6, 6.07) is 7.84. The molecule has 0 saturated heterocycles. The Balaban J connectivity index is 1.41. The van der Waals surface area contributed by atoms with Crippen molar-refractivity contribution in [2.24, 2.45) is 29.6 Å². The van der Waals surface area contributed by atoms with Crippen molar-refractivity contribution in [2.45, 2.75) is 32.2 Å². The maximum atomic E-state index is 12.5. The summed E-state index contributed by atoms with van der Waals surface area (Å²) in [5, 5.41) is 3.19. The monoisotopic (exact) mass is 270 g/mol. The lowest BCUT2D eigenvalue weighted by molar-refractivity contribution is -0.124. The van der Waals surface area contributed by atoms with E-state index in [9.17, 15) is 4.79 Å². The molecule has 5 atom stereocenters. The Morgan fingerprint density at radius 2 is 2.00 bits per heavy atom. The summed E-state index contributed by atoms with van der Waals surface area (Å²) in [7, 11) is 0. The van der Waals surface area contributed by atoms with Crippen LogP contribution in [0.2, 0.25) is 0 Å². The largest absolute Gasteiger partial charge is 0.399 e. The maximum absolute atomic E-state index is 12.5. The second kappa shape index (κ2) is 4.24. The maximum Gasteiger partial charge on any atom is 0.224 e. The van der Waals surface area contributed by atoms with Crippen molar-refractivity contribution in [1.82, 2.24) is 5.32 Å². The van der Waals surface area contributed by atoms with Gasteiger partial charge in [-0.1, -0.05) is 12.1 Å². The Kier molecular flexibility index (Phi) is 2.60. The van der Waals surface area contributed by atoms with Gasteiger partial charge in [-0.2, -0.15) is 0 Å². The van der Waals surface area contributed by atoms with Gasteiger partial charge in [0.2, 0.25) is 5.91 Å². The van der Waals surface area contributed by atoms with Gasteiger partial charge in [-0.05, 0) is 67.6 Å². The van der Waals surface area contributed by atoms with Gasteiger partial charge in [-0.15, -0.1) is 0 Å². The standard InChI is InChI=1S/C17H22N2O/c1-9(10-3-2-4-13(18)8-10)19-17(20)16-14-11-5-6-12(7-11)15(14)16/h2-4,8-9,11-12,14-16H,5-7,18H2,1H3,(H,19,20). The van der Waals surface area contributed by atoms with Crippen molar-refractivity contribution in [3.8, 4) is 0 Å². The highest BCUT2D eigenvalue weighted by atomic mass is 16.2. The van der Waals surface area contributed by atoms with Crippen molar-refractivity contribution >= 4 is 11.6 Å². The van der Waals surface area contributed by atoms with Crippen molar-refractivity contribution in [3.63, 3.8) is 0 Å². The van der Waals surface area contributed by atoms with Crippen LogP contribution in [0.3, 0.4) is 0 Å². The topological polar surface area (TPSA) is 55.1 Å². The third-order valence-electron chi connectivity index (χ3n) is 5.81. The van der Waals surface area contributed by atoms with Crippen molar-refractivity contribution in [1.29, 1.82) is 0 Å². The molecule has 106 valence electrons. The van der Waals surface area contributed by atoms with Crippen LogP contribution in [0.1, 0.15) is 37.8 Å². The number of anilines is 1. The van der Waals surface area contributed by atoms with Crippen LogP contribution in [0.4, 0.5) is 5.69 Å². The second-order valence-corrected chi connectivity index (χ2v) is 6.91. The first-order valence-corrected chi connectivity index (χ1v) is 7.81. The van der Waals surface area contributed by atoms with Gasteiger partial charge in [0.25, 0.3) is 0 Å². The van der Waals surface area contributed by atoms with E-state index in [1.165, 1.54) is 19.3 Å². The number of benzene rings is 1. The Hall–Kier alpha value is -1.51. The average Bonchev–Trinajstić information content (AvgIpc) is 2.88. The highest BCUT2D eigenvalue weighted by molar-refractivity contribution is 5.83. The fourth-order valence-corrected chi connectivity index (χ4v) is 4.90. The molecular weight excluding hydrogens is 248 g/mol. The minimum absolute atomic E-state index is 0.0463. The molecule has 20 heavy (non-hydrogen) atoms. The van der Waals surface area contributed by atoms with Gasteiger partial charge in [0.05, 0.1) is 6.04 Å². The van der Waals surface area contributed by atoms with Crippen molar-refractivity contribution in [2.75, 3.05) is 5.73 Å².